The van der Waals surface area contributed by atoms with Gasteiger partial charge in [0.15, 0.2) is 0 Å². The highest BCUT2D eigenvalue weighted by Crippen LogP contribution is 2.15. The normalized spacial score (nSPS) is 12.7. The predicted molar refractivity (Wildman–Crippen MR) is 91.3 cm³/mol. The third-order valence-electron chi connectivity index (χ3n) is 3.61. The van der Waals surface area contributed by atoms with Gasteiger partial charge in [0, 0.05) is 24.7 Å². The van der Waals surface area contributed by atoms with Gasteiger partial charge in [-0.05, 0) is 31.2 Å². The Labute approximate surface area is 140 Å². The largest absolute Gasteiger partial charge is 0.315 e. The Morgan fingerprint density at radius 1 is 1.08 bits per heavy atom. The molecule has 2 rings (SSSR count). The zero-order valence-corrected chi connectivity index (χ0v) is 14.0. The number of hydrogen-bond donors (Lipinski definition) is 2. The molecule has 0 aliphatic heterocycles. The number of rotatable bonds is 8. The lowest BCUT2D eigenvalue weighted by atomic mass is 10.1. The summed E-state index contributed by atoms with van der Waals surface area (Å²) in [6.45, 7) is 0.213. The quantitative estimate of drug-likeness (QED) is 0.558. The monoisotopic (exact) mass is 349 g/mol. The van der Waals surface area contributed by atoms with Crippen LogP contribution in [-0.4, -0.2) is 33.0 Å². The molecule has 128 valence electrons. The molecule has 24 heavy (non-hydrogen) atoms. The molecule has 0 spiro atoms. The van der Waals surface area contributed by atoms with Crippen LogP contribution >= 0.6 is 0 Å². The Morgan fingerprint density at radius 2 is 1.71 bits per heavy atom. The summed E-state index contributed by atoms with van der Waals surface area (Å²) in [5.41, 5.74) is 0.956. The van der Waals surface area contributed by atoms with E-state index >= 15 is 0 Å². The van der Waals surface area contributed by atoms with Crippen LogP contribution in [0.2, 0.25) is 0 Å². The average Bonchev–Trinajstić information content (AvgIpc) is 2.59. The lowest BCUT2D eigenvalue weighted by molar-refractivity contribution is -0.384. The Morgan fingerprint density at radius 3 is 2.25 bits per heavy atom. The molecule has 1 atom stereocenters. The van der Waals surface area contributed by atoms with E-state index in [0.29, 0.717) is 6.42 Å². The second kappa shape index (κ2) is 8.00. The van der Waals surface area contributed by atoms with Gasteiger partial charge in [0.25, 0.3) is 5.69 Å². The van der Waals surface area contributed by atoms with Crippen molar-refractivity contribution in [2.75, 3.05) is 13.6 Å². The zero-order valence-electron chi connectivity index (χ0n) is 13.2. The maximum atomic E-state index is 12.3. The van der Waals surface area contributed by atoms with E-state index in [1.165, 1.54) is 24.3 Å². The summed E-state index contributed by atoms with van der Waals surface area (Å²) in [5, 5.41) is 13.7. The first-order valence-corrected chi connectivity index (χ1v) is 8.86. The van der Waals surface area contributed by atoms with E-state index in [2.05, 4.69) is 10.0 Å². The van der Waals surface area contributed by atoms with Crippen LogP contribution in [0, 0.1) is 10.1 Å². The minimum atomic E-state index is -3.71. The van der Waals surface area contributed by atoms with E-state index in [-0.39, 0.29) is 23.2 Å². The van der Waals surface area contributed by atoms with Gasteiger partial charge in [-0.1, -0.05) is 30.3 Å². The molecule has 0 fully saturated rings. The number of sulfonamides is 1. The summed E-state index contributed by atoms with van der Waals surface area (Å²) in [6.07, 6.45) is 0.681. The Kier molecular flexibility index (Phi) is 6.02. The van der Waals surface area contributed by atoms with Gasteiger partial charge in [0.05, 0.1) is 9.82 Å². The molecule has 2 N–H and O–H groups in total. The number of nitrogens with zero attached hydrogens (tertiary/aromatic N) is 1. The van der Waals surface area contributed by atoms with Gasteiger partial charge in [-0.3, -0.25) is 10.1 Å². The van der Waals surface area contributed by atoms with Crippen molar-refractivity contribution >= 4 is 15.7 Å². The minimum Gasteiger partial charge on any atom is -0.315 e. The molecule has 7 nitrogen and oxygen atoms in total. The standard InChI is InChI=1S/C16H19N3O4S/c1-17-14(11-13-5-3-2-4-6-13)12-18-24(22,23)16-9-7-15(8-10-16)19(20)21/h2-10,14,17-18H,11-12H2,1H3. The van der Waals surface area contributed by atoms with Crippen LogP contribution in [0.4, 0.5) is 5.69 Å². The smallest absolute Gasteiger partial charge is 0.269 e. The van der Waals surface area contributed by atoms with E-state index in [9.17, 15) is 18.5 Å². The van der Waals surface area contributed by atoms with Crippen LogP contribution in [0.25, 0.3) is 0 Å². The number of hydrogen-bond acceptors (Lipinski definition) is 5. The summed E-state index contributed by atoms with van der Waals surface area (Å²) >= 11 is 0. The summed E-state index contributed by atoms with van der Waals surface area (Å²) < 4.78 is 27.1. The number of nitro benzene ring substituents is 1. The summed E-state index contributed by atoms with van der Waals surface area (Å²) in [4.78, 5) is 10.1. The molecule has 0 saturated heterocycles. The second-order valence-corrected chi connectivity index (χ2v) is 7.05. The molecule has 0 saturated carbocycles. The third kappa shape index (κ3) is 4.85. The van der Waals surface area contributed by atoms with Crippen molar-refractivity contribution in [3.63, 3.8) is 0 Å². The van der Waals surface area contributed by atoms with Crippen molar-refractivity contribution in [2.24, 2.45) is 0 Å². The molecule has 2 aromatic rings. The first-order valence-electron chi connectivity index (χ1n) is 7.37. The molecule has 0 heterocycles. The van der Waals surface area contributed by atoms with Gasteiger partial charge in [-0.2, -0.15) is 0 Å². The fourth-order valence-corrected chi connectivity index (χ4v) is 3.30. The van der Waals surface area contributed by atoms with E-state index < -0.39 is 14.9 Å². The third-order valence-corrected chi connectivity index (χ3v) is 5.05. The maximum absolute atomic E-state index is 12.3. The fraction of sp³-hybridized carbons (Fsp3) is 0.250. The minimum absolute atomic E-state index is 0.00247. The Hall–Kier alpha value is -2.29. The maximum Gasteiger partial charge on any atom is 0.269 e. The first kappa shape index (κ1) is 18.1. The van der Waals surface area contributed by atoms with E-state index in [1.807, 2.05) is 30.3 Å². The fourth-order valence-electron chi connectivity index (χ4n) is 2.22. The van der Waals surface area contributed by atoms with E-state index in [0.717, 1.165) is 5.56 Å². The van der Waals surface area contributed by atoms with Crippen molar-refractivity contribution in [1.29, 1.82) is 0 Å². The van der Waals surface area contributed by atoms with Crippen molar-refractivity contribution in [3.8, 4) is 0 Å². The van der Waals surface area contributed by atoms with Gasteiger partial charge in [-0.15, -0.1) is 0 Å². The summed E-state index contributed by atoms with van der Waals surface area (Å²) in [5.74, 6) is 0. The molecule has 0 aliphatic rings. The van der Waals surface area contributed by atoms with Crippen molar-refractivity contribution in [2.45, 2.75) is 17.4 Å². The highest BCUT2D eigenvalue weighted by atomic mass is 32.2. The molecule has 0 amide bonds. The first-order chi connectivity index (χ1) is 11.4. The molecule has 1 unspecified atom stereocenters. The molecular formula is C16H19N3O4S. The average molecular weight is 349 g/mol. The van der Waals surface area contributed by atoms with Gasteiger partial charge < -0.3 is 5.32 Å². The summed E-state index contributed by atoms with van der Waals surface area (Å²) in [6, 6.07) is 14.5. The van der Waals surface area contributed by atoms with E-state index in [4.69, 9.17) is 0 Å². The number of likely N-dealkylation sites (N-methyl/N-ethyl adjacent to an activating group) is 1. The number of benzene rings is 2. The Balaban J connectivity index is 2.01. The van der Waals surface area contributed by atoms with Gasteiger partial charge >= 0.3 is 0 Å². The van der Waals surface area contributed by atoms with Crippen molar-refractivity contribution in [1.82, 2.24) is 10.0 Å². The van der Waals surface area contributed by atoms with Crippen LogP contribution in [0.3, 0.4) is 0 Å². The second-order valence-electron chi connectivity index (χ2n) is 5.28. The summed E-state index contributed by atoms with van der Waals surface area (Å²) in [7, 11) is -1.94. The predicted octanol–water partition coefficient (Wildman–Crippen LogP) is 1.70. The number of nitrogens with one attached hydrogen (secondary N) is 2. The molecule has 2 aromatic carbocycles. The zero-order chi connectivity index (χ0) is 17.6. The molecule has 0 bridgehead atoms. The van der Waals surface area contributed by atoms with Crippen molar-refractivity contribution in [3.05, 3.63) is 70.3 Å². The number of non-ortho nitro benzene ring substituents is 1. The van der Waals surface area contributed by atoms with Crippen LogP contribution in [0.15, 0.2) is 59.5 Å². The Bertz CT molecular complexity index is 777. The molecular weight excluding hydrogens is 330 g/mol. The number of nitro groups is 1. The van der Waals surface area contributed by atoms with Crippen LogP contribution in [0.1, 0.15) is 5.56 Å². The highest BCUT2D eigenvalue weighted by molar-refractivity contribution is 7.89. The van der Waals surface area contributed by atoms with Crippen LogP contribution in [-0.2, 0) is 16.4 Å². The van der Waals surface area contributed by atoms with Crippen LogP contribution in [0.5, 0.6) is 0 Å². The molecule has 8 heteroatoms. The molecule has 0 radical (unpaired) electrons. The van der Waals surface area contributed by atoms with Crippen molar-refractivity contribution < 1.29 is 13.3 Å². The highest BCUT2D eigenvalue weighted by Gasteiger charge is 2.17. The van der Waals surface area contributed by atoms with Gasteiger partial charge in [-0.25, -0.2) is 13.1 Å². The topological polar surface area (TPSA) is 101 Å². The van der Waals surface area contributed by atoms with Gasteiger partial charge in [0.1, 0.15) is 0 Å². The molecule has 0 aliphatic carbocycles. The molecule has 0 aromatic heterocycles. The van der Waals surface area contributed by atoms with E-state index in [1.54, 1.807) is 7.05 Å². The SMILES string of the molecule is CNC(CNS(=O)(=O)c1ccc([N+](=O)[O-])cc1)Cc1ccccc1. The lowest BCUT2D eigenvalue weighted by Crippen LogP contribution is -2.40. The van der Waals surface area contributed by atoms with Crippen LogP contribution < -0.4 is 10.0 Å². The van der Waals surface area contributed by atoms with Gasteiger partial charge in [0.2, 0.25) is 10.0 Å². The lowest BCUT2D eigenvalue weighted by Gasteiger charge is -2.17.